The molecule has 2 unspecified atom stereocenters. The van der Waals surface area contributed by atoms with E-state index in [-0.39, 0.29) is 5.91 Å². The van der Waals surface area contributed by atoms with Crippen molar-refractivity contribution < 1.29 is 4.79 Å². The number of H-pyrrole nitrogens is 1. The molecule has 1 aromatic heterocycles. The molecule has 0 aliphatic carbocycles. The van der Waals surface area contributed by atoms with Gasteiger partial charge in [-0.3, -0.25) is 4.79 Å². The number of carbonyl (C=O) groups is 1. The van der Waals surface area contributed by atoms with Gasteiger partial charge in [-0.05, 0) is 48.6 Å². The van der Waals surface area contributed by atoms with E-state index >= 15 is 0 Å². The Kier molecular flexibility index (Phi) is 5.58. The Morgan fingerprint density at radius 3 is 2.79 bits per heavy atom. The number of carbonyl (C=O) groups excluding carboxylic acids is 1. The van der Waals surface area contributed by atoms with Crippen molar-refractivity contribution >= 4 is 16.8 Å². The Labute approximate surface area is 165 Å². The second kappa shape index (κ2) is 8.44. The standard InChI is InChI=1S/C24H27N3O/c25-24(28)18-12-13-23-21(15-18)19(16-27-23)9-4-5-11-22-20(10-6-14-26-22)17-7-2-1-3-8-17/h1-3,6-8,10,12-13,15-16,20,22,26-27H,4-5,9,11,14H2,(H2,25,28). The summed E-state index contributed by atoms with van der Waals surface area (Å²) in [4.78, 5) is 14.8. The first-order valence-electron chi connectivity index (χ1n) is 10.1. The van der Waals surface area contributed by atoms with E-state index in [1.807, 2.05) is 12.1 Å². The number of rotatable bonds is 7. The summed E-state index contributed by atoms with van der Waals surface area (Å²) >= 11 is 0. The fourth-order valence-electron chi connectivity index (χ4n) is 4.21. The lowest BCUT2D eigenvalue weighted by atomic mass is 9.86. The number of primary amides is 1. The van der Waals surface area contributed by atoms with Crippen LogP contribution in [0.2, 0.25) is 0 Å². The Bertz CT molecular complexity index is 974. The number of aromatic nitrogens is 1. The van der Waals surface area contributed by atoms with Crippen LogP contribution in [-0.2, 0) is 6.42 Å². The zero-order valence-electron chi connectivity index (χ0n) is 16.0. The van der Waals surface area contributed by atoms with Crippen LogP contribution in [0.15, 0.2) is 66.9 Å². The minimum absolute atomic E-state index is 0.377. The van der Waals surface area contributed by atoms with E-state index in [2.05, 4.69) is 59.0 Å². The molecule has 1 aliphatic heterocycles. The van der Waals surface area contributed by atoms with Crippen LogP contribution < -0.4 is 11.1 Å². The van der Waals surface area contributed by atoms with Crippen LogP contribution in [0.1, 0.15) is 46.7 Å². The molecule has 28 heavy (non-hydrogen) atoms. The van der Waals surface area contributed by atoms with E-state index in [1.165, 1.54) is 11.1 Å². The summed E-state index contributed by atoms with van der Waals surface area (Å²) in [5, 5.41) is 4.78. The van der Waals surface area contributed by atoms with Crippen LogP contribution in [0.25, 0.3) is 10.9 Å². The van der Waals surface area contributed by atoms with E-state index in [9.17, 15) is 4.79 Å². The number of benzene rings is 2. The molecule has 1 aliphatic rings. The molecule has 0 spiro atoms. The summed E-state index contributed by atoms with van der Waals surface area (Å²) in [5.41, 5.74) is 9.69. The largest absolute Gasteiger partial charge is 0.366 e. The molecular weight excluding hydrogens is 346 g/mol. The van der Waals surface area contributed by atoms with E-state index < -0.39 is 0 Å². The van der Waals surface area contributed by atoms with Gasteiger partial charge in [0.05, 0.1) is 0 Å². The van der Waals surface area contributed by atoms with Gasteiger partial charge in [0.1, 0.15) is 0 Å². The molecule has 144 valence electrons. The number of aryl methyl sites for hydroxylation is 1. The van der Waals surface area contributed by atoms with Gasteiger partial charge in [0.25, 0.3) is 0 Å². The van der Waals surface area contributed by atoms with Crippen LogP contribution in [0.4, 0.5) is 0 Å². The summed E-state index contributed by atoms with van der Waals surface area (Å²) in [5.74, 6) is 0.0681. The molecular formula is C24H27N3O. The zero-order chi connectivity index (χ0) is 19.3. The van der Waals surface area contributed by atoms with E-state index in [0.29, 0.717) is 17.5 Å². The lowest BCUT2D eigenvalue weighted by Crippen LogP contribution is -2.37. The van der Waals surface area contributed by atoms with Crippen molar-refractivity contribution in [1.82, 2.24) is 10.3 Å². The SMILES string of the molecule is NC(=O)c1ccc2[nH]cc(CCCCC3NCC=CC3c3ccccc3)c2c1. The lowest BCUT2D eigenvalue weighted by Gasteiger charge is -2.29. The van der Waals surface area contributed by atoms with E-state index in [0.717, 1.165) is 43.1 Å². The third-order valence-corrected chi connectivity index (χ3v) is 5.72. The van der Waals surface area contributed by atoms with Crippen LogP contribution >= 0.6 is 0 Å². The van der Waals surface area contributed by atoms with Crippen molar-refractivity contribution in [2.24, 2.45) is 5.73 Å². The lowest BCUT2D eigenvalue weighted by molar-refractivity contribution is 0.100. The Morgan fingerprint density at radius 2 is 1.96 bits per heavy atom. The maximum absolute atomic E-state index is 11.5. The van der Waals surface area contributed by atoms with Crippen molar-refractivity contribution in [3.8, 4) is 0 Å². The Balaban J connectivity index is 1.36. The molecule has 2 aromatic carbocycles. The predicted octanol–water partition coefficient (Wildman–Crippen LogP) is 4.29. The van der Waals surface area contributed by atoms with Gasteiger partial charge in [-0.25, -0.2) is 0 Å². The van der Waals surface area contributed by atoms with Crippen LogP contribution in [0.3, 0.4) is 0 Å². The predicted molar refractivity (Wildman–Crippen MR) is 114 cm³/mol. The number of hydrogen-bond acceptors (Lipinski definition) is 2. The smallest absolute Gasteiger partial charge is 0.248 e. The number of fused-ring (bicyclic) bond motifs is 1. The highest BCUT2D eigenvalue weighted by atomic mass is 16.1. The Morgan fingerprint density at radius 1 is 1.11 bits per heavy atom. The molecule has 1 amide bonds. The second-order valence-corrected chi connectivity index (χ2v) is 7.56. The van der Waals surface area contributed by atoms with Crippen molar-refractivity contribution in [2.75, 3.05) is 6.54 Å². The minimum Gasteiger partial charge on any atom is -0.366 e. The fourth-order valence-corrected chi connectivity index (χ4v) is 4.21. The summed E-state index contributed by atoms with van der Waals surface area (Å²) in [6.45, 7) is 0.951. The first-order valence-corrected chi connectivity index (χ1v) is 10.1. The first-order chi connectivity index (χ1) is 13.7. The molecule has 2 atom stereocenters. The highest BCUT2D eigenvalue weighted by Gasteiger charge is 2.22. The molecule has 0 radical (unpaired) electrons. The van der Waals surface area contributed by atoms with Gasteiger partial charge in [-0.2, -0.15) is 0 Å². The highest BCUT2D eigenvalue weighted by molar-refractivity contribution is 5.97. The molecule has 3 aromatic rings. The number of amides is 1. The number of unbranched alkanes of at least 4 members (excludes halogenated alkanes) is 1. The maximum atomic E-state index is 11.5. The maximum Gasteiger partial charge on any atom is 0.248 e. The van der Waals surface area contributed by atoms with Crippen molar-refractivity contribution in [3.63, 3.8) is 0 Å². The topological polar surface area (TPSA) is 70.9 Å². The number of nitrogens with one attached hydrogen (secondary N) is 2. The van der Waals surface area contributed by atoms with Gasteiger partial charge in [-0.15, -0.1) is 0 Å². The molecule has 0 bridgehead atoms. The summed E-state index contributed by atoms with van der Waals surface area (Å²) < 4.78 is 0. The highest BCUT2D eigenvalue weighted by Crippen LogP contribution is 2.27. The molecule has 4 rings (SSSR count). The first kappa shape index (κ1) is 18.5. The van der Waals surface area contributed by atoms with Crippen LogP contribution in [-0.4, -0.2) is 23.5 Å². The summed E-state index contributed by atoms with van der Waals surface area (Å²) in [7, 11) is 0. The summed E-state index contributed by atoms with van der Waals surface area (Å²) in [6, 6.07) is 16.8. The van der Waals surface area contributed by atoms with Crippen molar-refractivity contribution in [1.29, 1.82) is 0 Å². The molecule has 2 heterocycles. The third-order valence-electron chi connectivity index (χ3n) is 5.72. The zero-order valence-corrected chi connectivity index (χ0v) is 16.0. The minimum atomic E-state index is -0.377. The molecule has 0 saturated carbocycles. The number of nitrogens with two attached hydrogens (primary N) is 1. The third kappa shape index (κ3) is 4.02. The average Bonchev–Trinajstić information content (AvgIpc) is 3.14. The van der Waals surface area contributed by atoms with E-state index in [1.54, 1.807) is 6.07 Å². The monoisotopic (exact) mass is 373 g/mol. The molecule has 0 fully saturated rings. The van der Waals surface area contributed by atoms with Crippen molar-refractivity contribution in [3.05, 3.63) is 83.6 Å². The Hall–Kier alpha value is -2.85. The molecule has 4 heteroatoms. The van der Waals surface area contributed by atoms with Gasteiger partial charge in [0, 0.05) is 41.2 Å². The molecule has 4 N–H and O–H groups in total. The quantitative estimate of drug-likeness (QED) is 0.427. The van der Waals surface area contributed by atoms with Gasteiger partial charge >= 0.3 is 0 Å². The molecule has 4 nitrogen and oxygen atoms in total. The fraction of sp³-hybridized carbons (Fsp3) is 0.292. The number of aromatic amines is 1. The van der Waals surface area contributed by atoms with Crippen LogP contribution in [0, 0.1) is 0 Å². The normalized spacial score (nSPS) is 19.1. The van der Waals surface area contributed by atoms with Gasteiger partial charge in [-0.1, -0.05) is 48.9 Å². The van der Waals surface area contributed by atoms with Gasteiger partial charge in [0.2, 0.25) is 5.91 Å². The number of hydrogen-bond donors (Lipinski definition) is 3. The van der Waals surface area contributed by atoms with Crippen molar-refractivity contribution in [2.45, 2.75) is 37.6 Å². The average molecular weight is 374 g/mol. The molecule has 0 saturated heterocycles. The van der Waals surface area contributed by atoms with Gasteiger partial charge in [0.15, 0.2) is 0 Å². The van der Waals surface area contributed by atoms with E-state index in [4.69, 9.17) is 5.73 Å². The second-order valence-electron chi connectivity index (χ2n) is 7.56. The van der Waals surface area contributed by atoms with Crippen LogP contribution in [0.5, 0.6) is 0 Å². The summed E-state index contributed by atoms with van der Waals surface area (Å²) in [6.07, 6.45) is 11.1. The van der Waals surface area contributed by atoms with Gasteiger partial charge < -0.3 is 16.0 Å².